The van der Waals surface area contributed by atoms with Gasteiger partial charge in [0.05, 0.1) is 11.8 Å². The number of hydrogen-bond donors (Lipinski definition) is 0. The van der Waals surface area contributed by atoms with Gasteiger partial charge in [0.2, 0.25) is 12.7 Å². The average Bonchev–Trinajstić information content (AvgIpc) is 3.59. The predicted molar refractivity (Wildman–Crippen MR) is 131 cm³/mol. The summed E-state index contributed by atoms with van der Waals surface area (Å²) in [6, 6.07) is 23.4. The number of fused-ring (bicyclic) bond motifs is 1. The van der Waals surface area contributed by atoms with Crippen LogP contribution < -0.4 is 9.47 Å². The summed E-state index contributed by atoms with van der Waals surface area (Å²) in [5.74, 6) is 2.73. The SMILES string of the molecule is O=C(c1ccccc1-c1ncc(-c2ccccc2)o1)N1CCN(Cc2ccc3c(c2)OCO3)CC1. The number of nitrogens with zero attached hydrogens (tertiary/aromatic N) is 3. The molecule has 1 amide bonds. The molecule has 0 radical (unpaired) electrons. The van der Waals surface area contributed by atoms with Crippen LogP contribution in [0.5, 0.6) is 11.5 Å². The van der Waals surface area contributed by atoms with E-state index in [1.807, 2.05) is 71.6 Å². The van der Waals surface area contributed by atoms with Crippen molar-refractivity contribution in [1.82, 2.24) is 14.8 Å². The highest BCUT2D eigenvalue weighted by Crippen LogP contribution is 2.33. The Labute approximate surface area is 203 Å². The van der Waals surface area contributed by atoms with Gasteiger partial charge in [-0.2, -0.15) is 0 Å². The number of oxazole rings is 1. The molecule has 1 fully saturated rings. The fraction of sp³-hybridized carbons (Fsp3) is 0.214. The minimum atomic E-state index is 0.00258. The minimum absolute atomic E-state index is 0.00258. The first-order valence-electron chi connectivity index (χ1n) is 11.8. The van der Waals surface area contributed by atoms with E-state index in [1.54, 1.807) is 6.20 Å². The van der Waals surface area contributed by atoms with Crippen LogP contribution >= 0.6 is 0 Å². The third-order valence-electron chi connectivity index (χ3n) is 6.45. The van der Waals surface area contributed by atoms with E-state index in [0.717, 1.165) is 36.7 Å². The molecule has 4 aromatic rings. The molecule has 176 valence electrons. The summed E-state index contributed by atoms with van der Waals surface area (Å²) in [5, 5.41) is 0. The van der Waals surface area contributed by atoms with E-state index in [0.29, 0.717) is 35.9 Å². The molecule has 35 heavy (non-hydrogen) atoms. The number of piperazine rings is 1. The summed E-state index contributed by atoms with van der Waals surface area (Å²) >= 11 is 0. The fourth-order valence-electron chi connectivity index (χ4n) is 4.57. The highest BCUT2D eigenvalue weighted by molar-refractivity contribution is 6.00. The molecule has 7 heteroatoms. The molecule has 1 aromatic heterocycles. The molecule has 3 heterocycles. The molecule has 0 spiro atoms. The lowest BCUT2D eigenvalue weighted by Crippen LogP contribution is -2.48. The molecule has 2 aliphatic heterocycles. The number of rotatable bonds is 5. The number of ether oxygens (including phenoxy) is 2. The summed E-state index contributed by atoms with van der Waals surface area (Å²) < 4.78 is 16.9. The molecule has 0 aliphatic carbocycles. The van der Waals surface area contributed by atoms with E-state index in [2.05, 4.69) is 16.0 Å². The summed E-state index contributed by atoms with van der Waals surface area (Å²) in [7, 11) is 0. The van der Waals surface area contributed by atoms with Crippen LogP contribution in [-0.2, 0) is 6.54 Å². The van der Waals surface area contributed by atoms with Crippen LogP contribution in [-0.4, -0.2) is 53.7 Å². The molecule has 0 atom stereocenters. The number of amides is 1. The van der Waals surface area contributed by atoms with Gasteiger partial charge in [0, 0.05) is 43.9 Å². The Kier molecular flexibility index (Phi) is 5.68. The van der Waals surface area contributed by atoms with Crippen LogP contribution in [0.1, 0.15) is 15.9 Å². The number of carbonyl (C=O) groups excluding carboxylic acids is 1. The summed E-state index contributed by atoms with van der Waals surface area (Å²) in [4.78, 5) is 22.2. The van der Waals surface area contributed by atoms with Crippen molar-refractivity contribution in [2.75, 3.05) is 33.0 Å². The zero-order valence-electron chi connectivity index (χ0n) is 19.2. The van der Waals surface area contributed by atoms with Crippen molar-refractivity contribution >= 4 is 5.91 Å². The lowest BCUT2D eigenvalue weighted by Gasteiger charge is -2.35. The largest absolute Gasteiger partial charge is 0.454 e. The molecule has 2 aliphatic rings. The summed E-state index contributed by atoms with van der Waals surface area (Å²) in [6.07, 6.45) is 1.71. The summed E-state index contributed by atoms with van der Waals surface area (Å²) in [5.41, 5.74) is 3.45. The second kappa shape index (κ2) is 9.27. The fourth-order valence-corrected chi connectivity index (χ4v) is 4.57. The van der Waals surface area contributed by atoms with Gasteiger partial charge in [-0.25, -0.2) is 4.98 Å². The maximum absolute atomic E-state index is 13.5. The highest BCUT2D eigenvalue weighted by Gasteiger charge is 2.26. The van der Waals surface area contributed by atoms with Gasteiger partial charge in [-0.15, -0.1) is 0 Å². The van der Waals surface area contributed by atoms with Crippen LogP contribution in [0.3, 0.4) is 0 Å². The molecular weight excluding hydrogens is 442 g/mol. The van der Waals surface area contributed by atoms with Gasteiger partial charge in [-0.1, -0.05) is 48.5 Å². The van der Waals surface area contributed by atoms with Gasteiger partial charge < -0.3 is 18.8 Å². The Balaban J connectivity index is 1.14. The van der Waals surface area contributed by atoms with Crippen molar-refractivity contribution in [1.29, 1.82) is 0 Å². The lowest BCUT2D eigenvalue weighted by atomic mass is 10.1. The first-order valence-corrected chi connectivity index (χ1v) is 11.8. The number of aromatic nitrogens is 1. The molecule has 7 nitrogen and oxygen atoms in total. The van der Waals surface area contributed by atoms with Crippen molar-refractivity contribution in [2.24, 2.45) is 0 Å². The van der Waals surface area contributed by atoms with Crippen LogP contribution in [0.2, 0.25) is 0 Å². The molecule has 0 unspecified atom stereocenters. The lowest BCUT2D eigenvalue weighted by molar-refractivity contribution is 0.0629. The Morgan fingerprint density at radius 2 is 1.63 bits per heavy atom. The molecule has 0 N–H and O–H groups in total. The van der Waals surface area contributed by atoms with Crippen LogP contribution in [0, 0.1) is 0 Å². The Hall–Kier alpha value is -4.10. The number of hydrogen-bond acceptors (Lipinski definition) is 6. The van der Waals surface area contributed by atoms with E-state index < -0.39 is 0 Å². The van der Waals surface area contributed by atoms with Crippen molar-refractivity contribution < 1.29 is 18.7 Å². The van der Waals surface area contributed by atoms with E-state index in [1.165, 1.54) is 5.56 Å². The quantitative estimate of drug-likeness (QED) is 0.424. The standard InChI is InChI=1S/C28H25N3O4/c32-28(31-14-12-30(13-15-31)18-20-10-11-24-25(16-20)34-19-33-24)23-9-5-4-8-22(23)27-29-17-26(35-27)21-6-2-1-3-7-21/h1-11,16-17H,12-15,18-19H2. The highest BCUT2D eigenvalue weighted by atomic mass is 16.7. The smallest absolute Gasteiger partial charge is 0.254 e. The molecule has 3 aromatic carbocycles. The van der Waals surface area contributed by atoms with Gasteiger partial charge in [0.25, 0.3) is 5.91 Å². The van der Waals surface area contributed by atoms with E-state index in [4.69, 9.17) is 13.9 Å². The topological polar surface area (TPSA) is 68.0 Å². The van der Waals surface area contributed by atoms with E-state index in [9.17, 15) is 4.79 Å². The molecule has 1 saturated heterocycles. The van der Waals surface area contributed by atoms with Crippen molar-refractivity contribution in [3.05, 3.63) is 90.1 Å². The third kappa shape index (κ3) is 4.38. The Morgan fingerprint density at radius 3 is 2.49 bits per heavy atom. The van der Waals surface area contributed by atoms with Crippen LogP contribution in [0.25, 0.3) is 22.8 Å². The average molecular weight is 468 g/mol. The number of carbonyl (C=O) groups is 1. The van der Waals surface area contributed by atoms with Gasteiger partial charge in [0.1, 0.15) is 0 Å². The van der Waals surface area contributed by atoms with Gasteiger partial charge in [-0.3, -0.25) is 9.69 Å². The monoisotopic (exact) mass is 467 g/mol. The van der Waals surface area contributed by atoms with Crippen molar-refractivity contribution in [3.8, 4) is 34.3 Å². The normalized spacial score (nSPS) is 15.4. The first-order chi connectivity index (χ1) is 17.2. The molecule has 6 rings (SSSR count). The van der Waals surface area contributed by atoms with E-state index in [-0.39, 0.29) is 12.7 Å². The molecule has 0 saturated carbocycles. The zero-order valence-corrected chi connectivity index (χ0v) is 19.2. The Morgan fingerprint density at radius 1 is 0.857 bits per heavy atom. The van der Waals surface area contributed by atoms with Gasteiger partial charge >= 0.3 is 0 Å². The van der Waals surface area contributed by atoms with Gasteiger partial charge in [-0.05, 0) is 29.8 Å². The van der Waals surface area contributed by atoms with Crippen molar-refractivity contribution in [2.45, 2.75) is 6.54 Å². The maximum atomic E-state index is 13.5. The molecule has 0 bridgehead atoms. The number of benzene rings is 3. The van der Waals surface area contributed by atoms with Crippen molar-refractivity contribution in [3.63, 3.8) is 0 Å². The van der Waals surface area contributed by atoms with Gasteiger partial charge in [0.15, 0.2) is 17.3 Å². The summed E-state index contributed by atoms with van der Waals surface area (Å²) in [6.45, 7) is 4.03. The Bertz CT molecular complexity index is 1340. The van der Waals surface area contributed by atoms with E-state index >= 15 is 0 Å². The van der Waals surface area contributed by atoms with Crippen LogP contribution in [0.4, 0.5) is 0 Å². The zero-order chi connectivity index (χ0) is 23.6. The molecular formula is C28H25N3O4. The minimum Gasteiger partial charge on any atom is -0.454 e. The second-order valence-electron chi connectivity index (χ2n) is 8.70. The van der Waals surface area contributed by atoms with Crippen LogP contribution in [0.15, 0.2) is 83.4 Å². The maximum Gasteiger partial charge on any atom is 0.254 e. The second-order valence-corrected chi connectivity index (χ2v) is 8.70. The predicted octanol–water partition coefficient (Wildman–Crippen LogP) is 4.70. The first kappa shape index (κ1) is 21.4. The third-order valence-corrected chi connectivity index (χ3v) is 6.45.